The normalized spacial score (nSPS) is 10.8. The summed E-state index contributed by atoms with van der Waals surface area (Å²) >= 11 is 2.62. The number of hydrogen-bond acceptors (Lipinski definition) is 7. The lowest BCUT2D eigenvalue weighted by molar-refractivity contribution is -0.113. The molecule has 9 heteroatoms. The number of aryl methyl sites for hydroxylation is 1. The first-order valence-electron chi connectivity index (χ1n) is 11.3. The largest absolute Gasteiger partial charge is 0.462 e. The number of anilines is 1. The van der Waals surface area contributed by atoms with Gasteiger partial charge in [0.2, 0.25) is 5.91 Å². The molecule has 2 heterocycles. The van der Waals surface area contributed by atoms with Gasteiger partial charge in [-0.1, -0.05) is 71.9 Å². The summed E-state index contributed by atoms with van der Waals surface area (Å²) in [5, 5.41) is 14.6. The fraction of sp³-hybridized carbons (Fsp3) is 0.231. The summed E-state index contributed by atoms with van der Waals surface area (Å²) < 4.78 is 7.26. The topological polar surface area (TPSA) is 86.1 Å². The highest BCUT2D eigenvalue weighted by Crippen LogP contribution is 2.36. The van der Waals surface area contributed by atoms with Crippen LogP contribution in [0.5, 0.6) is 0 Å². The van der Waals surface area contributed by atoms with E-state index in [0.717, 1.165) is 22.5 Å². The van der Waals surface area contributed by atoms with E-state index >= 15 is 0 Å². The zero-order valence-corrected chi connectivity index (χ0v) is 21.4. The van der Waals surface area contributed by atoms with Gasteiger partial charge in [-0.25, -0.2) is 4.79 Å². The second kappa shape index (κ2) is 11.3. The first kappa shape index (κ1) is 24.7. The van der Waals surface area contributed by atoms with Crippen molar-refractivity contribution < 1.29 is 14.3 Å². The van der Waals surface area contributed by atoms with Crippen molar-refractivity contribution >= 4 is 40.0 Å². The number of aromatic nitrogens is 3. The second-order valence-electron chi connectivity index (χ2n) is 7.69. The number of amides is 1. The van der Waals surface area contributed by atoms with Gasteiger partial charge in [0.1, 0.15) is 10.6 Å². The third kappa shape index (κ3) is 5.63. The molecule has 35 heavy (non-hydrogen) atoms. The van der Waals surface area contributed by atoms with Crippen LogP contribution in [0.25, 0.3) is 22.5 Å². The third-order valence-corrected chi connectivity index (χ3v) is 7.15. The molecule has 0 saturated heterocycles. The van der Waals surface area contributed by atoms with Crippen molar-refractivity contribution in [1.29, 1.82) is 0 Å². The fourth-order valence-electron chi connectivity index (χ4n) is 3.58. The standard InChI is InChI=1S/C26H26N4O3S2/c1-4-30-23(19-13-11-17(3)12-14-19)28-29-26(30)35-16-21(31)27-24-22(25(32)33-5-2)20(15-34-24)18-9-7-6-8-10-18/h6-15H,4-5,16H2,1-3H3,(H,27,31). The Morgan fingerprint density at radius 1 is 1.03 bits per heavy atom. The molecule has 4 aromatic rings. The molecule has 4 rings (SSSR count). The van der Waals surface area contributed by atoms with Gasteiger partial charge in [-0.3, -0.25) is 4.79 Å². The molecule has 1 amide bonds. The van der Waals surface area contributed by atoms with E-state index in [1.54, 1.807) is 6.92 Å². The summed E-state index contributed by atoms with van der Waals surface area (Å²) in [5.74, 6) is 0.215. The summed E-state index contributed by atoms with van der Waals surface area (Å²) in [6.07, 6.45) is 0. The molecule has 0 fully saturated rings. The van der Waals surface area contributed by atoms with Crippen molar-refractivity contribution in [2.45, 2.75) is 32.5 Å². The number of benzene rings is 2. The molecule has 0 aliphatic heterocycles. The van der Waals surface area contributed by atoms with E-state index in [0.29, 0.717) is 22.3 Å². The zero-order chi connectivity index (χ0) is 24.8. The van der Waals surface area contributed by atoms with Crippen molar-refractivity contribution in [1.82, 2.24) is 14.8 Å². The van der Waals surface area contributed by atoms with Crippen LogP contribution in [0.2, 0.25) is 0 Å². The molecule has 7 nitrogen and oxygen atoms in total. The Morgan fingerprint density at radius 3 is 2.46 bits per heavy atom. The van der Waals surface area contributed by atoms with Crippen LogP contribution in [0, 0.1) is 6.92 Å². The van der Waals surface area contributed by atoms with Gasteiger partial charge in [0.25, 0.3) is 0 Å². The lowest BCUT2D eigenvalue weighted by Gasteiger charge is -2.09. The average Bonchev–Trinajstić information content (AvgIpc) is 3.48. The van der Waals surface area contributed by atoms with Gasteiger partial charge in [-0.2, -0.15) is 0 Å². The lowest BCUT2D eigenvalue weighted by atomic mass is 10.0. The van der Waals surface area contributed by atoms with Gasteiger partial charge < -0.3 is 14.6 Å². The number of rotatable bonds is 9. The molecule has 2 aromatic carbocycles. The molecule has 1 N–H and O–H groups in total. The fourth-order valence-corrected chi connectivity index (χ4v) is 5.35. The van der Waals surface area contributed by atoms with E-state index in [1.807, 2.05) is 78.4 Å². The number of nitrogens with zero attached hydrogens (tertiary/aromatic N) is 3. The molecule has 0 bridgehead atoms. The molecule has 0 saturated carbocycles. The Balaban J connectivity index is 1.50. The lowest BCUT2D eigenvalue weighted by Crippen LogP contribution is -2.16. The van der Waals surface area contributed by atoms with Crippen molar-refractivity contribution in [3.05, 3.63) is 71.1 Å². The molecule has 0 aliphatic rings. The van der Waals surface area contributed by atoms with Gasteiger partial charge in [-0.05, 0) is 26.3 Å². The maximum Gasteiger partial charge on any atom is 0.341 e. The Hall–Kier alpha value is -3.43. The number of carbonyl (C=O) groups excluding carboxylic acids is 2. The van der Waals surface area contributed by atoms with Crippen molar-refractivity contribution in [2.24, 2.45) is 0 Å². The number of thiophene rings is 1. The van der Waals surface area contributed by atoms with Crippen molar-refractivity contribution in [3.63, 3.8) is 0 Å². The van der Waals surface area contributed by atoms with Gasteiger partial charge in [0, 0.05) is 23.1 Å². The van der Waals surface area contributed by atoms with Crippen LogP contribution in [-0.4, -0.2) is 39.0 Å². The Morgan fingerprint density at radius 2 is 1.77 bits per heavy atom. The molecule has 0 aliphatic carbocycles. The van der Waals surface area contributed by atoms with Crippen LogP contribution in [0.1, 0.15) is 29.8 Å². The molecule has 0 radical (unpaired) electrons. The minimum absolute atomic E-state index is 0.132. The zero-order valence-electron chi connectivity index (χ0n) is 19.8. The predicted molar refractivity (Wildman–Crippen MR) is 141 cm³/mol. The van der Waals surface area contributed by atoms with Crippen LogP contribution in [0.3, 0.4) is 0 Å². The predicted octanol–water partition coefficient (Wildman–Crippen LogP) is 5.91. The van der Waals surface area contributed by atoms with E-state index in [1.165, 1.54) is 28.7 Å². The molecule has 0 spiro atoms. The number of ether oxygens (including phenoxy) is 1. The van der Waals surface area contributed by atoms with Crippen molar-refractivity contribution in [2.75, 3.05) is 17.7 Å². The Kier molecular flexibility index (Phi) is 7.99. The van der Waals surface area contributed by atoms with Crippen LogP contribution < -0.4 is 5.32 Å². The number of carbonyl (C=O) groups is 2. The van der Waals surface area contributed by atoms with Gasteiger partial charge in [-0.15, -0.1) is 21.5 Å². The average molecular weight is 507 g/mol. The molecule has 0 atom stereocenters. The molecule has 2 aromatic heterocycles. The Labute approximate surface area is 212 Å². The van der Waals surface area contributed by atoms with E-state index in [2.05, 4.69) is 15.5 Å². The summed E-state index contributed by atoms with van der Waals surface area (Å²) in [6, 6.07) is 17.7. The summed E-state index contributed by atoms with van der Waals surface area (Å²) in [5.41, 5.74) is 4.16. The van der Waals surface area contributed by atoms with Gasteiger partial charge in [0.15, 0.2) is 11.0 Å². The quantitative estimate of drug-likeness (QED) is 0.224. The summed E-state index contributed by atoms with van der Waals surface area (Å²) in [6.45, 7) is 6.75. The summed E-state index contributed by atoms with van der Waals surface area (Å²) in [7, 11) is 0. The highest BCUT2D eigenvalue weighted by atomic mass is 32.2. The number of thioether (sulfide) groups is 1. The smallest absolute Gasteiger partial charge is 0.341 e. The monoisotopic (exact) mass is 506 g/mol. The van der Waals surface area contributed by atoms with Gasteiger partial charge >= 0.3 is 5.97 Å². The van der Waals surface area contributed by atoms with Crippen molar-refractivity contribution in [3.8, 4) is 22.5 Å². The van der Waals surface area contributed by atoms with Crippen LogP contribution in [0.4, 0.5) is 5.00 Å². The van der Waals surface area contributed by atoms with E-state index in [-0.39, 0.29) is 18.3 Å². The van der Waals surface area contributed by atoms with Crippen LogP contribution in [0.15, 0.2) is 65.1 Å². The maximum absolute atomic E-state index is 12.8. The van der Waals surface area contributed by atoms with Crippen LogP contribution >= 0.6 is 23.1 Å². The maximum atomic E-state index is 12.8. The molecular weight excluding hydrogens is 480 g/mol. The minimum Gasteiger partial charge on any atom is -0.462 e. The summed E-state index contributed by atoms with van der Waals surface area (Å²) in [4.78, 5) is 25.6. The van der Waals surface area contributed by atoms with Crippen LogP contribution in [-0.2, 0) is 16.1 Å². The minimum atomic E-state index is -0.455. The van der Waals surface area contributed by atoms with Gasteiger partial charge in [0.05, 0.1) is 12.4 Å². The number of esters is 1. The second-order valence-corrected chi connectivity index (χ2v) is 9.52. The molecule has 0 unspecified atom stereocenters. The highest BCUT2D eigenvalue weighted by molar-refractivity contribution is 7.99. The third-order valence-electron chi connectivity index (χ3n) is 5.28. The number of hydrogen-bond donors (Lipinski definition) is 1. The number of nitrogens with one attached hydrogen (secondary N) is 1. The molecular formula is C26H26N4O3S2. The van der Waals surface area contributed by atoms with E-state index in [4.69, 9.17) is 4.74 Å². The first-order chi connectivity index (χ1) is 17.0. The highest BCUT2D eigenvalue weighted by Gasteiger charge is 2.23. The molecule has 180 valence electrons. The Bertz CT molecular complexity index is 1310. The SMILES string of the molecule is CCOC(=O)c1c(-c2ccccc2)csc1NC(=O)CSc1nnc(-c2ccc(C)cc2)n1CC. The first-order valence-corrected chi connectivity index (χ1v) is 13.1. The van der Waals surface area contributed by atoms with E-state index < -0.39 is 5.97 Å². The van der Waals surface area contributed by atoms with E-state index in [9.17, 15) is 9.59 Å².